The van der Waals surface area contributed by atoms with Crippen molar-refractivity contribution in [3.05, 3.63) is 29.3 Å². The number of fused-ring (bicyclic) bond motifs is 1. The van der Waals surface area contributed by atoms with Crippen LogP contribution in [0.25, 0.3) is 10.2 Å². The summed E-state index contributed by atoms with van der Waals surface area (Å²) in [6, 6.07) is 10.4. The van der Waals surface area contributed by atoms with Crippen LogP contribution in [0.2, 0.25) is 0 Å². The van der Waals surface area contributed by atoms with Crippen LogP contribution in [-0.4, -0.2) is 71.4 Å². The minimum atomic E-state index is -0.0658. The van der Waals surface area contributed by atoms with E-state index in [1.807, 2.05) is 35.0 Å². The van der Waals surface area contributed by atoms with Gasteiger partial charge in [0.05, 0.1) is 29.4 Å². The lowest BCUT2D eigenvalue weighted by atomic mass is 10.0. The van der Waals surface area contributed by atoms with Gasteiger partial charge in [-0.25, -0.2) is 4.98 Å². The molecule has 0 bridgehead atoms. The number of aromatic nitrogens is 1. The van der Waals surface area contributed by atoms with E-state index in [-0.39, 0.29) is 11.9 Å². The Morgan fingerprint density at radius 3 is 2.63 bits per heavy atom. The van der Waals surface area contributed by atoms with Crippen LogP contribution in [0, 0.1) is 17.2 Å². The molecule has 1 aromatic carbocycles. The number of likely N-dealkylation sites (N-methyl/N-ethyl adjacent to an activating group) is 1. The Morgan fingerprint density at radius 2 is 2.00 bits per heavy atom. The Morgan fingerprint density at radius 1 is 1.30 bits per heavy atom. The first kappa shape index (κ1) is 19.7. The standard InChI is InChI=1S/C20H27N5OS/c1-15(2)17(12-21)24-8-10-25(11-9-24)20(26)14-23(3)13-19-22-16-6-4-5-7-18(16)27-19/h4-7,15,17H,8-11,13-14H2,1-3H3/t17-/m1/s1. The van der Waals surface area contributed by atoms with Gasteiger partial charge in [0.15, 0.2) is 0 Å². The van der Waals surface area contributed by atoms with E-state index in [0.717, 1.165) is 23.6 Å². The highest BCUT2D eigenvalue weighted by Crippen LogP contribution is 2.22. The minimum absolute atomic E-state index is 0.0658. The summed E-state index contributed by atoms with van der Waals surface area (Å²) in [4.78, 5) is 23.4. The molecule has 0 N–H and O–H groups in total. The number of rotatable bonds is 6. The number of amides is 1. The van der Waals surface area contributed by atoms with E-state index in [4.69, 9.17) is 0 Å². The zero-order chi connectivity index (χ0) is 19.4. The molecule has 1 saturated heterocycles. The number of carbonyl (C=O) groups is 1. The predicted octanol–water partition coefficient (Wildman–Crippen LogP) is 2.42. The Balaban J connectivity index is 1.49. The molecule has 0 radical (unpaired) electrons. The number of piperazine rings is 1. The topological polar surface area (TPSA) is 63.5 Å². The van der Waals surface area contributed by atoms with E-state index >= 15 is 0 Å². The van der Waals surface area contributed by atoms with Crippen LogP contribution in [0.1, 0.15) is 18.9 Å². The van der Waals surface area contributed by atoms with Crippen molar-refractivity contribution >= 4 is 27.5 Å². The smallest absolute Gasteiger partial charge is 0.236 e. The predicted molar refractivity (Wildman–Crippen MR) is 108 cm³/mol. The molecule has 0 saturated carbocycles. The highest BCUT2D eigenvalue weighted by Gasteiger charge is 2.28. The molecule has 0 unspecified atom stereocenters. The second-order valence-electron chi connectivity index (χ2n) is 7.48. The van der Waals surface area contributed by atoms with Crippen LogP contribution in [0.3, 0.4) is 0 Å². The SMILES string of the molecule is CC(C)[C@@H](C#N)N1CCN(C(=O)CN(C)Cc2nc3ccccc3s2)CC1. The Kier molecular flexibility index (Phi) is 6.42. The van der Waals surface area contributed by atoms with Crippen LogP contribution in [0.4, 0.5) is 0 Å². The molecule has 1 aliphatic heterocycles. The van der Waals surface area contributed by atoms with E-state index in [9.17, 15) is 10.1 Å². The lowest BCUT2D eigenvalue weighted by Crippen LogP contribution is -2.54. The van der Waals surface area contributed by atoms with Gasteiger partial charge in [-0.1, -0.05) is 26.0 Å². The zero-order valence-electron chi connectivity index (χ0n) is 16.3. The van der Waals surface area contributed by atoms with Crippen LogP contribution in [0.5, 0.6) is 0 Å². The number of benzene rings is 1. The molecule has 0 spiro atoms. The molecule has 144 valence electrons. The fraction of sp³-hybridized carbons (Fsp3) is 0.550. The summed E-state index contributed by atoms with van der Waals surface area (Å²) in [6.07, 6.45) is 0. The maximum absolute atomic E-state index is 12.6. The molecule has 1 aromatic heterocycles. The third-order valence-electron chi connectivity index (χ3n) is 4.97. The molecular weight excluding hydrogens is 358 g/mol. The second kappa shape index (κ2) is 8.79. The van der Waals surface area contributed by atoms with Gasteiger partial charge in [0.25, 0.3) is 0 Å². The first-order valence-corrected chi connectivity index (χ1v) is 10.2. The largest absolute Gasteiger partial charge is 0.339 e. The summed E-state index contributed by atoms with van der Waals surface area (Å²) in [6.45, 7) is 8.13. The third kappa shape index (κ3) is 4.83. The maximum Gasteiger partial charge on any atom is 0.236 e. The van der Waals surface area contributed by atoms with E-state index < -0.39 is 0 Å². The monoisotopic (exact) mass is 385 g/mol. The zero-order valence-corrected chi connectivity index (χ0v) is 17.1. The molecule has 1 fully saturated rings. The molecule has 1 atom stereocenters. The number of hydrogen-bond acceptors (Lipinski definition) is 6. The van der Waals surface area contributed by atoms with Crippen molar-refractivity contribution in [2.24, 2.45) is 5.92 Å². The summed E-state index contributed by atoms with van der Waals surface area (Å²) < 4.78 is 1.18. The van der Waals surface area contributed by atoms with Crippen LogP contribution < -0.4 is 0 Å². The van der Waals surface area contributed by atoms with Gasteiger partial charge in [0, 0.05) is 26.2 Å². The number of nitrogens with zero attached hydrogens (tertiary/aromatic N) is 5. The van der Waals surface area contributed by atoms with Gasteiger partial charge in [-0.15, -0.1) is 11.3 Å². The van der Waals surface area contributed by atoms with Crippen molar-refractivity contribution in [3.8, 4) is 6.07 Å². The highest BCUT2D eigenvalue weighted by molar-refractivity contribution is 7.18. The van der Waals surface area contributed by atoms with Crippen LogP contribution in [0.15, 0.2) is 24.3 Å². The van der Waals surface area contributed by atoms with Crippen LogP contribution in [-0.2, 0) is 11.3 Å². The van der Waals surface area contributed by atoms with E-state index in [2.05, 4.69) is 35.9 Å². The molecule has 3 rings (SSSR count). The van der Waals surface area contributed by atoms with Gasteiger partial charge < -0.3 is 4.90 Å². The normalized spacial score (nSPS) is 16.8. The Hall–Kier alpha value is -2.01. The van der Waals surface area contributed by atoms with E-state index in [0.29, 0.717) is 32.1 Å². The molecule has 27 heavy (non-hydrogen) atoms. The first-order chi connectivity index (χ1) is 13.0. The Labute approximate surface area is 165 Å². The fourth-order valence-electron chi connectivity index (χ4n) is 3.51. The van der Waals surface area contributed by atoms with Crippen molar-refractivity contribution in [1.29, 1.82) is 5.26 Å². The average Bonchev–Trinajstić information content (AvgIpc) is 3.04. The molecular formula is C20H27N5OS. The van der Waals surface area contributed by atoms with Crippen molar-refractivity contribution in [3.63, 3.8) is 0 Å². The summed E-state index contributed by atoms with van der Waals surface area (Å²) in [5.74, 6) is 0.452. The summed E-state index contributed by atoms with van der Waals surface area (Å²) in [5.41, 5.74) is 1.02. The highest BCUT2D eigenvalue weighted by atomic mass is 32.1. The second-order valence-corrected chi connectivity index (χ2v) is 8.60. The third-order valence-corrected chi connectivity index (χ3v) is 5.99. The molecule has 1 amide bonds. The van der Waals surface area contributed by atoms with E-state index in [1.54, 1.807) is 11.3 Å². The van der Waals surface area contributed by atoms with Gasteiger partial charge in [0.1, 0.15) is 11.0 Å². The number of hydrogen-bond donors (Lipinski definition) is 0. The van der Waals surface area contributed by atoms with Gasteiger partial charge in [-0.2, -0.15) is 5.26 Å². The first-order valence-electron chi connectivity index (χ1n) is 9.42. The fourth-order valence-corrected chi connectivity index (χ4v) is 4.55. The molecule has 1 aliphatic rings. The molecule has 7 heteroatoms. The molecule has 2 heterocycles. The number of thiazole rings is 1. The van der Waals surface area contributed by atoms with Crippen molar-refractivity contribution in [1.82, 2.24) is 19.7 Å². The molecule has 0 aliphatic carbocycles. The quantitative estimate of drug-likeness (QED) is 0.764. The minimum Gasteiger partial charge on any atom is -0.339 e. The van der Waals surface area contributed by atoms with Crippen molar-refractivity contribution in [2.75, 3.05) is 39.8 Å². The van der Waals surface area contributed by atoms with Gasteiger partial charge in [0.2, 0.25) is 5.91 Å². The number of nitriles is 1. The lowest BCUT2D eigenvalue weighted by molar-refractivity contribution is -0.134. The maximum atomic E-state index is 12.6. The molecule has 6 nitrogen and oxygen atoms in total. The van der Waals surface area contributed by atoms with Crippen LogP contribution >= 0.6 is 11.3 Å². The van der Waals surface area contributed by atoms with Crippen molar-refractivity contribution in [2.45, 2.75) is 26.4 Å². The lowest BCUT2D eigenvalue weighted by Gasteiger charge is -2.38. The van der Waals surface area contributed by atoms with E-state index in [1.165, 1.54) is 4.70 Å². The summed E-state index contributed by atoms with van der Waals surface area (Å²) in [5, 5.41) is 10.4. The number of carbonyl (C=O) groups excluding carboxylic acids is 1. The number of para-hydroxylation sites is 1. The average molecular weight is 386 g/mol. The van der Waals surface area contributed by atoms with Crippen molar-refractivity contribution < 1.29 is 4.79 Å². The molecule has 2 aromatic rings. The van der Waals surface area contributed by atoms with Gasteiger partial charge in [-0.05, 0) is 25.1 Å². The van der Waals surface area contributed by atoms with Gasteiger partial charge >= 0.3 is 0 Å². The summed E-state index contributed by atoms with van der Waals surface area (Å²) >= 11 is 1.68. The van der Waals surface area contributed by atoms with Gasteiger partial charge in [-0.3, -0.25) is 14.6 Å². The summed E-state index contributed by atoms with van der Waals surface area (Å²) in [7, 11) is 1.96. The Bertz CT molecular complexity index is 786.